The summed E-state index contributed by atoms with van der Waals surface area (Å²) in [6.45, 7) is 4.85. The van der Waals surface area contributed by atoms with Crippen LogP contribution in [0.5, 0.6) is 0 Å². The van der Waals surface area contributed by atoms with Crippen LogP contribution >= 0.6 is 0 Å². The Morgan fingerprint density at radius 2 is 1.88 bits per heavy atom. The topological polar surface area (TPSA) is 74.8 Å². The van der Waals surface area contributed by atoms with E-state index in [9.17, 15) is 22.8 Å². The standard InChI is InChI=1S/C16H16F3N3O2/c1-8-9(2)12(14(23)21-10(8)3)15(24)22-13(16(17,18)19)11-6-4-5-7-20-11/h4-7,13H,1-3H3,(H,21,23)(H,22,24). The van der Waals surface area contributed by atoms with Gasteiger partial charge in [0.05, 0.1) is 5.69 Å². The molecule has 128 valence electrons. The third-order valence-electron chi connectivity index (χ3n) is 3.84. The third kappa shape index (κ3) is 3.47. The maximum Gasteiger partial charge on any atom is 0.414 e. The van der Waals surface area contributed by atoms with E-state index in [0.717, 1.165) is 6.07 Å². The molecule has 0 spiro atoms. The van der Waals surface area contributed by atoms with Gasteiger partial charge < -0.3 is 10.3 Å². The molecule has 5 nitrogen and oxygen atoms in total. The number of nitrogens with zero attached hydrogens (tertiary/aromatic N) is 1. The summed E-state index contributed by atoms with van der Waals surface area (Å²) >= 11 is 0. The molecular formula is C16H16F3N3O2. The zero-order valence-corrected chi connectivity index (χ0v) is 13.3. The van der Waals surface area contributed by atoms with E-state index in [0.29, 0.717) is 16.8 Å². The molecule has 0 aliphatic rings. The summed E-state index contributed by atoms with van der Waals surface area (Å²) in [7, 11) is 0. The first-order chi connectivity index (χ1) is 11.1. The van der Waals surface area contributed by atoms with Crippen LogP contribution in [0.4, 0.5) is 13.2 Å². The second-order valence-corrected chi connectivity index (χ2v) is 5.41. The first-order valence-corrected chi connectivity index (χ1v) is 7.11. The van der Waals surface area contributed by atoms with E-state index in [1.807, 2.05) is 5.32 Å². The molecule has 0 fully saturated rings. The Morgan fingerprint density at radius 3 is 2.42 bits per heavy atom. The van der Waals surface area contributed by atoms with Gasteiger partial charge in [0.15, 0.2) is 6.04 Å². The predicted octanol–water partition coefficient (Wildman–Crippen LogP) is 2.73. The predicted molar refractivity (Wildman–Crippen MR) is 81.8 cm³/mol. The van der Waals surface area contributed by atoms with Crippen LogP contribution in [0.3, 0.4) is 0 Å². The van der Waals surface area contributed by atoms with Crippen LogP contribution in [-0.2, 0) is 0 Å². The van der Waals surface area contributed by atoms with Crippen LogP contribution in [0.15, 0.2) is 29.2 Å². The Bertz CT molecular complexity index is 814. The molecule has 1 atom stereocenters. The second-order valence-electron chi connectivity index (χ2n) is 5.41. The molecule has 24 heavy (non-hydrogen) atoms. The summed E-state index contributed by atoms with van der Waals surface area (Å²) in [4.78, 5) is 30.4. The van der Waals surface area contributed by atoms with E-state index in [1.54, 1.807) is 13.8 Å². The van der Waals surface area contributed by atoms with Gasteiger partial charge in [-0.15, -0.1) is 0 Å². The summed E-state index contributed by atoms with van der Waals surface area (Å²) in [5, 5.41) is 1.87. The lowest BCUT2D eigenvalue weighted by Crippen LogP contribution is -2.41. The van der Waals surface area contributed by atoms with Crippen molar-refractivity contribution in [2.75, 3.05) is 0 Å². The van der Waals surface area contributed by atoms with Crippen LogP contribution < -0.4 is 10.9 Å². The maximum absolute atomic E-state index is 13.3. The fourth-order valence-electron chi connectivity index (χ4n) is 2.31. The summed E-state index contributed by atoms with van der Waals surface area (Å²) in [6, 6.07) is 1.72. The number of pyridine rings is 2. The molecule has 1 unspecified atom stereocenters. The molecule has 1 amide bonds. The first-order valence-electron chi connectivity index (χ1n) is 7.11. The molecule has 2 rings (SSSR count). The van der Waals surface area contributed by atoms with Gasteiger partial charge >= 0.3 is 6.18 Å². The number of aromatic nitrogens is 2. The number of alkyl halides is 3. The molecule has 2 aromatic heterocycles. The molecule has 0 aromatic carbocycles. The van der Waals surface area contributed by atoms with Crippen molar-refractivity contribution in [2.45, 2.75) is 33.0 Å². The molecule has 0 aliphatic heterocycles. The smallest absolute Gasteiger partial charge is 0.335 e. The van der Waals surface area contributed by atoms with Gasteiger partial charge in [0.25, 0.3) is 11.5 Å². The molecule has 8 heteroatoms. The van der Waals surface area contributed by atoms with Gasteiger partial charge in [0, 0.05) is 11.9 Å². The molecular weight excluding hydrogens is 323 g/mol. The normalized spacial score (nSPS) is 12.8. The summed E-state index contributed by atoms with van der Waals surface area (Å²) in [5.74, 6) is -1.09. The van der Waals surface area contributed by atoms with E-state index < -0.39 is 23.7 Å². The lowest BCUT2D eigenvalue weighted by molar-refractivity contribution is -0.156. The van der Waals surface area contributed by atoms with Crippen LogP contribution in [-0.4, -0.2) is 22.1 Å². The van der Waals surface area contributed by atoms with Crippen LogP contribution in [0, 0.1) is 20.8 Å². The third-order valence-corrected chi connectivity index (χ3v) is 3.84. The van der Waals surface area contributed by atoms with E-state index in [2.05, 4.69) is 9.97 Å². The number of halogens is 3. The quantitative estimate of drug-likeness (QED) is 0.903. The van der Waals surface area contributed by atoms with Gasteiger partial charge in [-0.05, 0) is 44.0 Å². The summed E-state index contributed by atoms with van der Waals surface area (Å²) in [6.07, 6.45) is -3.54. The number of rotatable bonds is 3. The second kappa shape index (κ2) is 6.46. The molecule has 2 N–H and O–H groups in total. The number of H-pyrrole nitrogens is 1. The average molecular weight is 339 g/mol. The number of aryl methyl sites for hydroxylation is 1. The lowest BCUT2D eigenvalue weighted by atomic mass is 10.0. The number of nitrogens with one attached hydrogen (secondary N) is 2. The average Bonchev–Trinajstić information content (AvgIpc) is 2.50. The fraction of sp³-hybridized carbons (Fsp3) is 0.312. The highest BCUT2D eigenvalue weighted by Gasteiger charge is 2.43. The van der Waals surface area contributed by atoms with E-state index in [4.69, 9.17) is 0 Å². The lowest BCUT2D eigenvalue weighted by Gasteiger charge is -2.21. The van der Waals surface area contributed by atoms with Gasteiger partial charge in [0.1, 0.15) is 5.56 Å². The van der Waals surface area contributed by atoms with Crippen molar-refractivity contribution in [2.24, 2.45) is 0 Å². The molecule has 0 aliphatic carbocycles. The minimum atomic E-state index is -4.75. The summed E-state index contributed by atoms with van der Waals surface area (Å²) in [5.41, 5.74) is 0.137. The molecule has 0 radical (unpaired) electrons. The fourth-order valence-corrected chi connectivity index (χ4v) is 2.31. The number of hydrogen-bond donors (Lipinski definition) is 2. The van der Waals surface area contributed by atoms with Gasteiger partial charge in [-0.2, -0.15) is 13.2 Å². The van der Waals surface area contributed by atoms with Crippen LogP contribution in [0.2, 0.25) is 0 Å². The van der Waals surface area contributed by atoms with Crippen LogP contribution in [0.25, 0.3) is 0 Å². The van der Waals surface area contributed by atoms with Gasteiger partial charge in [-0.25, -0.2) is 0 Å². The highest BCUT2D eigenvalue weighted by atomic mass is 19.4. The first kappa shape index (κ1) is 17.7. The van der Waals surface area contributed by atoms with Gasteiger partial charge in [0.2, 0.25) is 0 Å². The van der Waals surface area contributed by atoms with E-state index in [1.165, 1.54) is 25.3 Å². The van der Waals surface area contributed by atoms with Crippen LogP contribution in [0.1, 0.15) is 38.9 Å². The Morgan fingerprint density at radius 1 is 1.21 bits per heavy atom. The van der Waals surface area contributed by atoms with Gasteiger partial charge in [-0.3, -0.25) is 14.6 Å². The van der Waals surface area contributed by atoms with Crippen molar-refractivity contribution in [3.05, 3.63) is 62.8 Å². The van der Waals surface area contributed by atoms with E-state index >= 15 is 0 Å². The zero-order chi connectivity index (χ0) is 18.1. The Balaban J connectivity index is 2.44. The molecule has 2 aromatic rings. The zero-order valence-electron chi connectivity index (χ0n) is 13.3. The van der Waals surface area contributed by atoms with Crippen molar-refractivity contribution in [3.63, 3.8) is 0 Å². The highest BCUT2D eigenvalue weighted by Crippen LogP contribution is 2.31. The van der Waals surface area contributed by atoms with Crippen molar-refractivity contribution in [1.29, 1.82) is 0 Å². The Kier molecular flexibility index (Phi) is 4.77. The number of aromatic amines is 1. The van der Waals surface area contributed by atoms with Crippen molar-refractivity contribution in [3.8, 4) is 0 Å². The monoisotopic (exact) mass is 339 g/mol. The number of carbonyl (C=O) groups is 1. The summed E-state index contributed by atoms with van der Waals surface area (Å²) < 4.78 is 39.9. The van der Waals surface area contributed by atoms with Crippen molar-refractivity contribution < 1.29 is 18.0 Å². The van der Waals surface area contributed by atoms with Gasteiger partial charge in [-0.1, -0.05) is 6.07 Å². The SMILES string of the molecule is Cc1[nH]c(=O)c(C(=O)NC(c2ccccn2)C(F)(F)F)c(C)c1C. The largest absolute Gasteiger partial charge is 0.414 e. The molecule has 0 saturated carbocycles. The van der Waals surface area contributed by atoms with E-state index in [-0.39, 0.29) is 11.3 Å². The number of carbonyl (C=O) groups excluding carboxylic acids is 1. The van der Waals surface area contributed by atoms with Crippen molar-refractivity contribution in [1.82, 2.24) is 15.3 Å². The highest BCUT2D eigenvalue weighted by molar-refractivity contribution is 5.95. The Labute approximate surface area is 135 Å². The van der Waals surface area contributed by atoms with Crippen molar-refractivity contribution >= 4 is 5.91 Å². The molecule has 0 bridgehead atoms. The Hall–Kier alpha value is -2.64. The minimum Gasteiger partial charge on any atom is -0.335 e. The number of amides is 1. The minimum absolute atomic E-state index is 0.330. The maximum atomic E-state index is 13.3. The molecule has 2 heterocycles. The number of hydrogen-bond acceptors (Lipinski definition) is 3. The molecule has 0 saturated heterocycles.